The molecule has 1 N–H and O–H groups in total. The van der Waals surface area contributed by atoms with Crippen LogP contribution in [0.1, 0.15) is 13.8 Å². The predicted octanol–water partition coefficient (Wildman–Crippen LogP) is 4.65. The molecular formula is C24H24N4O4S2. The van der Waals surface area contributed by atoms with E-state index in [0.29, 0.717) is 24.3 Å². The van der Waals surface area contributed by atoms with Crippen molar-refractivity contribution >= 4 is 44.2 Å². The quantitative estimate of drug-likeness (QED) is 0.336. The molecule has 0 atom stereocenters. The Hall–Kier alpha value is -3.21. The highest BCUT2D eigenvalue weighted by atomic mass is 32.2. The van der Waals surface area contributed by atoms with Gasteiger partial charge >= 0.3 is 0 Å². The van der Waals surface area contributed by atoms with Gasteiger partial charge in [-0.05, 0) is 41.1 Å². The molecule has 0 radical (unpaired) electrons. The number of nitrogens with one attached hydrogen (secondary N) is 1. The van der Waals surface area contributed by atoms with Gasteiger partial charge in [0.25, 0.3) is 5.22 Å². The summed E-state index contributed by atoms with van der Waals surface area (Å²) in [6.45, 7) is 4.35. The highest BCUT2D eigenvalue weighted by molar-refractivity contribution is 7.99. The molecule has 176 valence electrons. The molecular weight excluding hydrogens is 472 g/mol. The van der Waals surface area contributed by atoms with Gasteiger partial charge in [-0.3, -0.25) is 4.79 Å². The van der Waals surface area contributed by atoms with Crippen LogP contribution in [-0.4, -0.2) is 47.7 Å². The first-order valence-corrected chi connectivity index (χ1v) is 13.2. The molecule has 1 heterocycles. The summed E-state index contributed by atoms with van der Waals surface area (Å²) in [6.07, 6.45) is 0. The molecule has 0 bridgehead atoms. The van der Waals surface area contributed by atoms with Crippen LogP contribution < -0.4 is 5.32 Å². The molecule has 10 heteroatoms. The lowest BCUT2D eigenvalue weighted by Crippen LogP contribution is -2.30. The number of rotatable bonds is 9. The van der Waals surface area contributed by atoms with Crippen LogP contribution in [-0.2, 0) is 14.8 Å². The summed E-state index contributed by atoms with van der Waals surface area (Å²) in [5.41, 5.74) is 1.20. The first-order valence-electron chi connectivity index (χ1n) is 10.8. The van der Waals surface area contributed by atoms with Crippen molar-refractivity contribution in [2.24, 2.45) is 0 Å². The van der Waals surface area contributed by atoms with Gasteiger partial charge in [-0.2, -0.15) is 4.31 Å². The second-order valence-corrected chi connectivity index (χ2v) is 10.3. The molecule has 4 rings (SSSR count). The van der Waals surface area contributed by atoms with Gasteiger partial charge in [0, 0.05) is 24.3 Å². The number of nitrogens with zero attached hydrogens (tertiary/aromatic N) is 3. The van der Waals surface area contributed by atoms with E-state index in [1.54, 1.807) is 32.0 Å². The third-order valence-electron chi connectivity index (χ3n) is 5.19. The number of hydrogen-bond donors (Lipinski definition) is 1. The Kier molecular flexibility index (Phi) is 7.30. The van der Waals surface area contributed by atoms with Gasteiger partial charge < -0.3 is 9.73 Å². The fourth-order valence-electron chi connectivity index (χ4n) is 3.48. The molecule has 0 unspecified atom stereocenters. The third kappa shape index (κ3) is 5.30. The number of sulfonamides is 1. The molecule has 1 amide bonds. The maximum absolute atomic E-state index is 12.8. The van der Waals surface area contributed by atoms with Crippen molar-refractivity contribution in [3.05, 3.63) is 66.7 Å². The lowest BCUT2D eigenvalue weighted by atomic mass is 10.1. The van der Waals surface area contributed by atoms with E-state index in [2.05, 4.69) is 15.5 Å². The van der Waals surface area contributed by atoms with Crippen molar-refractivity contribution in [1.82, 2.24) is 14.5 Å². The van der Waals surface area contributed by atoms with Crippen molar-refractivity contribution < 1.29 is 17.6 Å². The molecule has 0 fully saturated rings. The summed E-state index contributed by atoms with van der Waals surface area (Å²) in [5.74, 6) is 0.0755. The van der Waals surface area contributed by atoms with Crippen LogP contribution in [0.15, 0.2) is 81.3 Å². The molecule has 0 saturated heterocycles. The van der Waals surface area contributed by atoms with E-state index in [1.165, 1.54) is 10.4 Å². The normalized spacial score (nSPS) is 11.7. The van der Waals surface area contributed by atoms with Crippen molar-refractivity contribution in [1.29, 1.82) is 0 Å². The van der Waals surface area contributed by atoms with Gasteiger partial charge in [0.15, 0.2) is 0 Å². The van der Waals surface area contributed by atoms with Crippen LogP contribution in [0.25, 0.3) is 22.2 Å². The minimum atomic E-state index is -3.60. The van der Waals surface area contributed by atoms with Crippen LogP contribution in [0.2, 0.25) is 0 Å². The summed E-state index contributed by atoms with van der Waals surface area (Å²) < 4.78 is 32.6. The number of carbonyl (C=O) groups excluding carboxylic acids is 1. The monoisotopic (exact) mass is 496 g/mol. The molecule has 0 aliphatic heterocycles. The van der Waals surface area contributed by atoms with Crippen molar-refractivity contribution in [2.45, 2.75) is 24.0 Å². The summed E-state index contributed by atoms with van der Waals surface area (Å²) in [5, 5.41) is 13.2. The first kappa shape index (κ1) is 23.9. The zero-order valence-corrected chi connectivity index (χ0v) is 20.4. The summed E-state index contributed by atoms with van der Waals surface area (Å²) in [7, 11) is -3.60. The standard InChI is InChI=1S/C24H24N4O4S2/c1-3-28(4-2)34(30,31)21-11-7-10-19(15-21)23-26-27-24(32-23)33-16-22(29)25-20-13-12-17-8-5-6-9-18(17)14-20/h5-15H,3-4,16H2,1-2H3,(H,25,29). The van der Waals surface area contributed by atoms with Gasteiger partial charge in [0.2, 0.25) is 21.8 Å². The number of benzene rings is 3. The van der Waals surface area contributed by atoms with Crippen LogP contribution >= 0.6 is 11.8 Å². The van der Waals surface area contributed by atoms with Crippen LogP contribution in [0.4, 0.5) is 5.69 Å². The van der Waals surface area contributed by atoms with E-state index >= 15 is 0 Å². The molecule has 34 heavy (non-hydrogen) atoms. The minimum Gasteiger partial charge on any atom is -0.411 e. The molecule has 4 aromatic rings. The van der Waals surface area contributed by atoms with Gasteiger partial charge in [-0.25, -0.2) is 8.42 Å². The number of hydrogen-bond acceptors (Lipinski definition) is 7. The second-order valence-electron chi connectivity index (χ2n) is 7.39. The number of amides is 1. The average Bonchev–Trinajstić information content (AvgIpc) is 3.33. The Labute approximate surface area is 202 Å². The third-order valence-corrected chi connectivity index (χ3v) is 8.05. The van der Waals surface area contributed by atoms with Gasteiger partial charge in [0.1, 0.15) is 0 Å². The summed E-state index contributed by atoms with van der Waals surface area (Å²) >= 11 is 1.11. The van der Waals surface area contributed by atoms with Crippen molar-refractivity contribution in [3.8, 4) is 11.5 Å². The Morgan fingerprint density at radius 1 is 0.971 bits per heavy atom. The molecule has 1 aromatic heterocycles. The summed E-state index contributed by atoms with van der Waals surface area (Å²) in [6, 6.07) is 20.0. The minimum absolute atomic E-state index is 0.0881. The van der Waals surface area contributed by atoms with Gasteiger partial charge in [0.05, 0.1) is 10.6 Å². The predicted molar refractivity (Wildman–Crippen MR) is 133 cm³/mol. The van der Waals surface area contributed by atoms with E-state index in [1.807, 2.05) is 42.5 Å². The highest BCUT2D eigenvalue weighted by Crippen LogP contribution is 2.26. The van der Waals surface area contributed by atoms with Gasteiger partial charge in [-0.15, -0.1) is 10.2 Å². The Morgan fingerprint density at radius 2 is 1.74 bits per heavy atom. The van der Waals surface area contributed by atoms with Gasteiger partial charge in [-0.1, -0.05) is 62.0 Å². The number of carbonyl (C=O) groups is 1. The van der Waals surface area contributed by atoms with Crippen LogP contribution in [0.3, 0.4) is 0 Å². The second kappa shape index (κ2) is 10.4. The molecule has 8 nitrogen and oxygen atoms in total. The van der Waals surface area contributed by atoms with Crippen molar-refractivity contribution in [3.63, 3.8) is 0 Å². The first-order chi connectivity index (χ1) is 16.4. The maximum Gasteiger partial charge on any atom is 0.277 e. The number of fused-ring (bicyclic) bond motifs is 1. The Morgan fingerprint density at radius 3 is 2.50 bits per heavy atom. The van der Waals surface area contributed by atoms with E-state index < -0.39 is 10.0 Å². The Bertz CT molecular complexity index is 1420. The van der Waals surface area contributed by atoms with E-state index in [0.717, 1.165) is 22.5 Å². The van der Waals surface area contributed by atoms with Crippen molar-refractivity contribution in [2.75, 3.05) is 24.2 Å². The number of thioether (sulfide) groups is 1. The molecule has 3 aromatic carbocycles. The molecule has 0 aliphatic carbocycles. The number of anilines is 1. The molecule has 0 aliphatic rings. The van der Waals surface area contributed by atoms with Crippen LogP contribution in [0, 0.1) is 0 Å². The highest BCUT2D eigenvalue weighted by Gasteiger charge is 2.22. The zero-order valence-electron chi connectivity index (χ0n) is 18.8. The topological polar surface area (TPSA) is 105 Å². The molecule has 0 saturated carbocycles. The lowest BCUT2D eigenvalue weighted by molar-refractivity contribution is -0.113. The SMILES string of the molecule is CCN(CC)S(=O)(=O)c1cccc(-c2nnc(SCC(=O)Nc3ccc4ccccc4c3)o2)c1. The Balaban J connectivity index is 1.41. The average molecular weight is 497 g/mol. The smallest absolute Gasteiger partial charge is 0.277 e. The zero-order chi connectivity index (χ0) is 24.1. The summed E-state index contributed by atoms with van der Waals surface area (Å²) in [4.78, 5) is 12.5. The largest absolute Gasteiger partial charge is 0.411 e. The molecule has 0 spiro atoms. The van der Waals surface area contributed by atoms with Crippen LogP contribution in [0.5, 0.6) is 0 Å². The lowest BCUT2D eigenvalue weighted by Gasteiger charge is -2.18. The maximum atomic E-state index is 12.8. The van der Waals surface area contributed by atoms with E-state index in [9.17, 15) is 13.2 Å². The fraction of sp³-hybridized carbons (Fsp3) is 0.208. The number of aromatic nitrogens is 2. The fourth-order valence-corrected chi connectivity index (χ4v) is 5.55. The van der Waals surface area contributed by atoms with E-state index in [4.69, 9.17) is 4.42 Å². The van der Waals surface area contributed by atoms with E-state index in [-0.39, 0.29) is 27.7 Å².